The SMILES string of the molecule is CN1C[C@H](Nc2nc3ccccn3c(=O)c2Br)C[C@H](c2ccc(OCC3CCN(c4cccc5c4C(=O)N(C4CCC(=O)NC4=O)C5=O)CC3)cc2)C1. The van der Waals surface area contributed by atoms with Crippen LogP contribution in [0.25, 0.3) is 5.65 Å². The van der Waals surface area contributed by atoms with Gasteiger partial charge in [0.15, 0.2) is 0 Å². The molecule has 4 aromatic rings. The second-order valence-electron chi connectivity index (χ2n) is 14.5. The van der Waals surface area contributed by atoms with Crippen LogP contribution in [0.3, 0.4) is 0 Å². The molecule has 4 amide bonds. The maximum Gasteiger partial charge on any atom is 0.274 e. The summed E-state index contributed by atoms with van der Waals surface area (Å²) in [6, 6.07) is 18.2. The topological polar surface area (TPSA) is 146 Å². The van der Waals surface area contributed by atoms with Crippen molar-refractivity contribution in [2.24, 2.45) is 5.92 Å². The maximum atomic E-state index is 13.6. The van der Waals surface area contributed by atoms with Gasteiger partial charge >= 0.3 is 0 Å². The lowest BCUT2D eigenvalue weighted by Gasteiger charge is -2.36. The van der Waals surface area contributed by atoms with Crippen LogP contribution in [0, 0.1) is 5.92 Å². The number of imide groups is 2. The molecule has 2 aromatic carbocycles. The molecule has 3 saturated heterocycles. The molecule has 13 nitrogen and oxygen atoms in total. The molecule has 4 aliphatic heterocycles. The molecular weight excluding hydrogens is 742 g/mol. The van der Waals surface area contributed by atoms with Crippen LogP contribution < -0.4 is 25.8 Å². The molecule has 53 heavy (non-hydrogen) atoms. The lowest BCUT2D eigenvalue weighted by molar-refractivity contribution is -0.136. The number of hydrogen-bond acceptors (Lipinski definition) is 10. The van der Waals surface area contributed by atoms with E-state index >= 15 is 0 Å². The highest BCUT2D eigenvalue weighted by atomic mass is 79.9. The third kappa shape index (κ3) is 6.81. The Kier molecular flexibility index (Phi) is 9.50. The summed E-state index contributed by atoms with van der Waals surface area (Å²) in [5.74, 6) is 0.0148. The first-order valence-corrected chi connectivity index (χ1v) is 18.9. The molecule has 0 spiro atoms. The summed E-state index contributed by atoms with van der Waals surface area (Å²) >= 11 is 3.47. The van der Waals surface area contributed by atoms with E-state index in [-0.39, 0.29) is 24.4 Å². The lowest BCUT2D eigenvalue weighted by atomic mass is 9.88. The summed E-state index contributed by atoms with van der Waals surface area (Å²) in [7, 11) is 2.11. The number of pyridine rings is 1. The summed E-state index contributed by atoms with van der Waals surface area (Å²) in [5.41, 5.74) is 3.01. The van der Waals surface area contributed by atoms with Gasteiger partial charge in [0.1, 0.15) is 27.7 Å². The average Bonchev–Trinajstić information content (AvgIpc) is 3.42. The molecule has 0 bridgehead atoms. The van der Waals surface area contributed by atoms with Gasteiger partial charge in [-0.3, -0.25) is 38.6 Å². The van der Waals surface area contributed by atoms with Gasteiger partial charge in [-0.25, -0.2) is 4.98 Å². The molecule has 3 atom stereocenters. The number of halogens is 1. The summed E-state index contributed by atoms with van der Waals surface area (Å²) in [5, 5.41) is 5.78. The number of likely N-dealkylation sites (N-methyl/N-ethyl adjacent to an activating group) is 1. The van der Waals surface area contributed by atoms with Crippen LogP contribution in [-0.4, -0.2) is 94.7 Å². The fraction of sp³-hybridized carbons (Fsp3) is 0.385. The van der Waals surface area contributed by atoms with Crippen molar-refractivity contribution in [3.8, 4) is 5.75 Å². The second-order valence-corrected chi connectivity index (χ2v) is 15.3. The number of piperidine rings is 3. The predicted octanol–water partition coefficient (Wildman–Crippen LogP) is 4.05. The molecule has 3 fully saturated rings. The second kappa shape index (κ2) is 14.4. The van der Waals surface area contributed by atoms with E-state index in [2.05, 4.69) is 55.5 Å². The number of benzene rings is 2. The molecule has 0 saturated carbocycles. The van der Waals surface area contributed by atoms with Crippen molar-refractivity contribution >= 4 is 56.7 Å². The molecule has 14 heteroatoms. The molecule has 8 rings (SSSR count). The molecule has 1 unspecified atom stereocenters. The van der Waals surface area contributed by atoms with Crippen molar-refractivity contribution < 1.29 is 23.9 Å². The minimum atomic E-state index is -0.988. The number of hydrogen-bond donors (Lipinski definition) is 2. The lowest BCUT2D eigenvalue weighted by Crippen LogP contribution is -2.54. The zero-order valence-corrected chi connectivity index (χ0v) is 30.9. The normalized spacial score (nSPS) is 22.6. The number of amides is 4. The van der Waals surface area contributed by atoms with Crippen LogP contribution in [-0.2, 0) is 9.59 Å². The number of aromatic nitrogens is 2. The van der Waals surface area contributed by atoms with E-state index in [1.165, 1.54) is 9.96 Å². The van der Waals surface area contributed by atoms with Crippen molar-refractivity contribution in [3.63, 3.8) is 0 Å². The first-order chi connectivity index (χ1) is 25.6. The first kappa shape index (κ1) is 35.0. The fourth-order valence-electron chi connectivity index (χ4n) is 8.17. The Morgan fingerprint density at radius 3 is 2.49 bits per heavy atom. The highest BCUT2D eigenvalue weighted by molar-refractivity contribution is 9.10. The van der Waals surface area contributed by atoms with Gasteiger partial charge in [-0.1, -0.05) is 24.3 Å². The van der Waals surface area contributed by atoms with Crippen molar-refractivity contribution in [1.29, 1.82) is 0 Å². The number of nitrogens with one attached hydrogen (secondary N) is 2. The quantitative estimate of drug-likeness (QED) is 0.251. The number of nitrogens with zero attached hydrogens (tertiary/aromatic N) is 5. The van der Waals surface area contributed by atoms with Gasteiger partial charge in [0.05, 0.1) is 23.4 Å². The van der Waals surface area contributed by atoms with Gasteiger partial charge in [-0.2, -0.15) is 0 Å². The number of likely N-dealkylation sites (tertiary alicyclic amines) is 1. The molecule has 0 aliphatic carbocycles. The Balaban J connectivity index is 0.857. The monoisotopic (exact) mass is 781 g/mol. The van der Waals surface area contributed by atoms with Gasteiger partial charge in [0.2, 0.25) is 11.8 Å². The molecule has 2 aromatic heterocycles. The maximum absolute atomic E-state index is 13.6. The number of anilines is 2. The molecule has 6 heterocycles. The van der Waals surface area contributed by atoms with Crippen molar-refractivity contribution in [2.75, 3.05) is 50.1 Å². The smallest absolute Gasteiger partial charge is 0.274 e. The Morgan fingerprint density at radius 2 is 1.72 bits per heavy atom. The zero-order chi connectivity index (χ0) is 36.8. The number of ether oxygens (including phenoxy) is 1. The van der Waals surface area contributed by atoms with Crippen LogP contribution in [0.4, 0.5) is 11.5 Å². The van der Waals surface area contributed by atoms with Gasteiger partial charge in [0.25, 0.3) is 17.4 Å². The van der Waals surface area contributed by atoms with Crippen molar-refractivity contribution in [3.05, 3.63) is 98.4 Å². The Morgan fingerprint density at radius 1 is 0.925 bits per heavy atom. The Labute approximate surface area is 314 Å². The highest BCUT2D eigenvalue weighted by Crippen LogP contribution is 2.36. The predicted molar refractivity (Wildman–Crippen MR) is 201 cm³/mol. The summed E-state index contributed by atoms with van der Waals surface area (Å²) in [6.07, 6.45) is 4.54. The van der Waals surface area contributed by atoms with Gasteiger partial charge in [0, 0.05) is 44.8 Å². The molecule has 274 valence electrons. The van der Waals surface area contributed by atoms with E-state index in [9.17, 15) is 24.0 Å². The Hall–Kier alpha value is -5.08. The van der Waals surface area contributed by atoms with Crippen LogP contribution in [0.5, 0.6) is 5.75 Å². The van der Waals surface area contributed by atoms with Gasteiger partial charge in [-0.05, 0) is 102 Å². The fourth-order valence-corrected chi connectivity index (χ4v) is 8.57. The average molecular weight is 783 g/mol. The molecular formula is C39H40BrN7O6. The van der Waals surface area contributed by atoms with E-state index in [4.69, 9.17) is 9.72 Å². The van der Waals surface area contributed by atoms with Gasteiger partial charge in [-0.15, -0.1) is 0 Å². The summed E-state index contributed by atoms with van der Waals surface area (Å²) in [6.45, 7) is 3.74. The van der Waals surface area contributed by atoms with Crippen LogP contribution in [0.15, 0.2) is 76.1 Å². The molecule has 4 aliphatic rings. The van der Waals surface area contributed by atoms with E-state index in [0.717, 1.165) is 43.0 Å². The number of fused-ring (bicyclic) bond motifs is 2. The minimum absolute atomic E-state index is 0.0850. The first-order valence-electron chi connectivity index (χ1n) is 18.1. The van der Waals surface area contributed by atoms with Crippen LogP contribution >= 0.6 is 15.9 Å². The third-order valence-corrected chi connectivity index (χ3v) is 11.6. The van der Waals surface area contributed by atoms with Crippen LogP contribution in [0.2, 0.25) is 0 Å². The van der Waals surface area contributed by atoms with E-state index in [1.807, 2.05) is 36.4 Å². The summed E-state index contributed by atoms with van der Waals surface area (Å²) < 4.78 is 8.21. The van der Waals surface area contributed by atoms with E-state index < -0.39 is 29.7 Å². The van der Waals surface area contributed by atoms with E-state index in [0.29, 0.717) is 64.3 Å². The third-order valence-electron chi connectivity index (χ3n) is 10.9. The Bertz CT molecular complexity index is 2170. The number of carbonyl (C=O) groups is 4. The zero-order valence-electron chi connectivity index (χ0n) is 29.3. The van der Waals surface area contributed by atoms with Crippen molar-refractivity contribution in [2.45, 2.75) is 50.1 Å². The number of carbonyl (C=O) groups excluding carboxylic acids is 4. The largest absolute Gasteiger partial charge is 0.493 e. The molecule has 0 radical (unpaired) electrons. The number of rotatable bonds is 8. The molecule has 2 N–H and O–H groups in total. The van der Waals surface area contributed by atoms with Gasteiger partial charge < -0.3 is 19.9 Å². The standard InChI is InChI=1S/C39H40BrN7O6/c1-44-20-25(19-26(21-44)41-35-34(40)39(52)46-16-3-2-7-31(46)42-35)24-8-10-27(11-9-24)53-22-23-14-17-45(18-15-23)29-6-4-5-28-33(29)38(51)47(37(28)50)30-12-13-32(48)43-36(30)49/h2-11,16,23,25-26,30,41H,12-15,17-22H2,1H3,(H,43,48,49)/t25-,26+,30?/m0/s1. The summed E-state index contributed by atoms with van der Waals surface area (Å²) in [4.78, 5) is 74.1. The van der Waals surface area contributed by atoms with Crippen LogP contribution in [0.1, 0.15) is 64.3 Å². The van der Waals surface area contributed by atoms with E-state index in [1.54, 1.807) is 18.3 Å². The van der Waals surface area contributed by atoms with Crippen molar-refractivity contribution in [1.82, 2.24) is 24.5 Å². The highest BCUT2D eigenvalue weighted by Gasteiger charge is 2.46. The minimum Gasteiger partial charge on any atom is -0.493 e.